The van der Waals surface area contributed by atoms with Gasteiger partial charge in [0.05, 0.1) is 9.79 Å². The van der Waals surface area contributed by atoms with Crippen LogP contribution in [0.1, 0.15) is 11.1 Å². The molecule has 149 valence electrons. The molecule has 0 spiro atoms. The van der Waals surface area contributed by atoms with E-state index in [1.165, 1.54) is 12.1 Å². The molecule has 6 nitrogen and oxygen atoms in total. The van der Waals surface area contributed by atoms with Crippen LogP contribution in [0.2, 0.25) is 0 Å². The maximum absolute atomic E-state index is 12.0. The Morgan fingerprint density at radius 3 is 1.30 bits per heavy atom. The molecule has 0 heterocycles. The van der Waals surface area contributed by atoms with E-state index in [9.17, 15) is 25.9 Å². The van der Waals surface area contributed by atoms with Crippen LogP contribution in [0, 0.1) is 0 Å². The van der Waals surface area contributed by atoms with Crippen molar-refractivity contribution in [2.45, 2.75) is 16.2 Å². The van der Waals surface area contributed by atoms with E-state index in [1.807, 2.05) is 0 Å². The van der Waals surface area contributed by atoms with Crippen LogP contribution in [0.5, 0.6) is 0 Å². The van der Waals surface area contributed by atoms with Gasteiger partial charge in [0.1, 0.15) is 0 Å². The van der Waals surface area contributed by atoms with Crippen LogP contribution in [0.4, 0.5) is 0 Å². The molecule has 0 amide bonds. The van der Waals surface area contributed by atoms with Gasteiger partial charge in [0.15, 0.2) is 0 Å². The maximum Gasteiger partial charge on any atom is 0.294 e. The first-order valence-electron chi connectivity index (χ1n) is 8.62. The molecular weight excluding hydrogens is 435 g/mol. The van der Waals surface area contributed by atoms with Crippen molar-refractivity contribution in [2.24, 2.45) is 0 Å². The van der Waals surface area contributed by atoms with Crippen molar-refractivity contribution < 1.29 is 25.9 Å². The molecule has 2 N–H and O–H groups in total. The molecule has 4 rings (SSSR count). The minimum Gasteiger partial charge on any atom is -0.282 e. The van der Waals surface area contributed by atoms with E-state index in [2.05, 4.69) is 0 Å². The summed E-state index contributed by atoms with van der Waals surface area (Å²) in [5.41, 5.74) is 0.513. The summed E-state index contributed by atoms with van der Waals surface area (Å²) in [7, 11) is -9.12. The minimum atomic E-state index is -4.56. The van der Waals surface area contributed by atoms with Crippen molar-refractivity contribution >= 4 is 71.3 Å². The molecular formula is C21H16NaO6S2. The van der Waals surface area contributed by atoms with Gasteiger partial charge in [-0.25, -0.2) is 0 Å². The van der Waals surface area contributed by atoms with Gasteiger partial charge >= 0.3 is 0 Å². The predicted octanol–water partition coefficient (Wildman–Crippen LogP) is 3.70. The topological polar surface area (TPSA) is 109 Å². The summed E-state index contributed by atoms with van der Waals surface area (Å²) < 4.78 is 67.6. The van der Waals surface area contributed by atoms with Gasteiger partial charge in [-0.3, -0.25) is 9.11 Å². The van der Waals surface area contributed by atoms with E-state index < -0.39 is 20.2 Å². The number of hydrogen-bond donors (Lipinski definition) is 2. The van der Waals surface area contributed by atoms with Gasteiger partial charge in [-0.05, 0) is 44.8 Å². The Hall–Kier alpha value is -1.78. The Morgan fingerprint density at radius 1 is 0.567 bits per heavy atom. The molecule has 0 atom stereocenters. The van der Waals surface area contributed by atoms with E-state index in [1.54, 1.807) is 60.7 Å². The zero-order chi connectivity index (χ0) is 20.8. The minimum absolute atomic E-state index is 0. The first kappa shape index (κ1) is 22.9. The Kier molecular flexibility index (Phi) is 6.41. The first-order valence-corrected chi connectivity index (χ1v) is 11.5. The Morgan fingerprint density at radius 2 is 0.933 bits per heavy atom. The van der Waals surface area contributed by atoms with Crippen molar-refractivity contribution in [3.05, 3.63) is 83.9 Å². The average Bonchev–Trinajstić information content (AvgIpc) is 2.66. The normalized spacial score (nSPS) is 12.1. The van der Waals surface area contributed by atoms with Crippen molar-refractivity contribution in [2.75, 3.05) is 0 Å². The molecule has 0 unspecified atom stereocenters. The van der Waals surface area contributed by atoms with E-state index in [-0.39, 0.29) is 56.9 Å². The quantitative estimate of drug-likeness (QED) is 0.362. The van der Waals surface area contributed by atoms with E-state index in [0.29, 0.717) is 10.8 Å². The third kappa shape index (κ3) is 4.31. The summed E-state index contributed by atoms with van der Waals surface area (Å²) in [5.74, 6) is 0. The molecule has 0 bridgehead atoms. The third-order valence-corrected chi connectivity index (χ3v) is 6.78. The van der Waals surface area contributed by atoms with Crippen LogP contribution in [-0.2, 0) is 26.7 Å². The Labute approximate surface area is 196 Å². The fourth-order valence-corrected chi connectivity index (χ4v) is 5.12. The van der Waals surface area contributed by atoms with E-state index >= 15 is 0 Å². The molecule has 0 fully saturated rings. The maximum atomic E-state index is 12.0. The van der Waals surface area contributed by atoms with Gasteiger partial charge in [-0.1, -0.05) is 60.7 Å². The van der Waals surface area contributed by atoms with Gasteiger partial charge in [0.25, 0.3) is 20.2 Å². The molecule has 4 aromatic carbocycles. The van der Waals surface area contributed by atoms with Crippen LogP contribution in [-0.4, -0.2) is 55.5 Å². The fraction of sp³-hybridized carbons (Fsp3) is 0.0476. The average molecular weight is 451 g/mol. The molecule has 0 aromatic heterocycles. The molecule has 30 heavy (non-hydrogen) atoms. The van der Waals surface area contributed by atoms with Crippen LogP contribution in [0.25, 0.3) is 21.5 Å². The first-order chi connectivity index (χ1) is 13.7. The van der Waals surface area contributed by atoms with Crippen LogP contribution in [0.15, 0.2) is 82.6 Å². The van der Waals surface area contributed by atoms with Crippen LogP contribution in [0.3, 0.4) is 0 Å². The van der Waals surface area contributed by atoms with Gasteiger partial charge in [-0.2, -0.15) is 16.8 Å². The van der Waals surface area contributed by atoms with Crippen molar-refractivity contribution in [1.82, 2.24) is 0 Å². The van der Waals surface area contributed by atoms with Gasteiger partial charge < -0.3 is 0 Å². The van der Waals surface area contributed by atoms with E-state index in [0.717, 1.165) is 10.8 Å². The largest absolute Gasteiger partial charge is 0.294 e. The molecule has 1 radical (unpaired) electrons. The summed E-state index contributed by atoms with van der Waals surface area (Å²) >= 11 is 0. The molecule has 0 aliphatic carbocycles. The smallest absolute Gasteiger partial charge is 0.282 e. The van der Waals surface area contributed by atoms with E-state index in [4.69, 9.17) is 0 Å². The molecule has 4 aromatic rings. The zero-order valence-corrected chi connectivity index (χ0v) is 19.6. The zero-order valence-electron chi connectivity index (χ0n) is 16.0. The standard InChI is InChI=1S/C21H16O6S2.Na/c22-28(23,24)20-11-9-14-5-1-3-7-16(14)18(20)13-19-17-8-4-2-6-15(17)10-12-21(19)29(25,26)27;/h1-12H,13H2,(H,22,23,24)(H,25,26,27);. The number of hydrogen-bond acceptors (Lipinski definition) is 4. The number of fused-ring (bicyclic) bond motifs is 2. The number of benzene rings is 4. The summed E-state index contributed by atoms with van der Waals surface area (Å²) in [4.78, 5) is -0.601. The second-order valence-corrected chi connectivity index (χ2v) is 9.43. The van der Waals surface area contributed by atoms with Gasteiger partial charge in [-0.15, -0.1) is 0 Å². The second-order valence-electron chi connectivity index (χ2n) is 6.65. The van der Waals surface area contributed by atoms with Crippen molar-refractivity contribution in [1.29, 1.82) is 0 Å². The second kappa shape index (κ2) is 8.39. The van der Waals surface area contributed by atoms with Crippen molar-refractivity contribution in [3.8, 4) is 0 Å². The SMILES string of the molecule is O=S(=O)(O)c1ccc2ccccc2c1Cc1c(S(=O)(=O)O)ccc2ccccc12.[Na]. The fourth-order valence-electron chi connectivity index (χ4n) is 3.66. The Bertz CT molecular complexity index is 1370. The van der Waals surface area contributed by atoms with Crippen LogP contribution >= 0.6 is 0 Å². The summed E-state index contributed by atoms with van der Waals surface area (Å²) in [6, 6.07) is 19.8. The Balaban J connectivity index is 0.00000256. The summed E-state index contributed by atoms with van der Waals surface area (Å²) in [6.45, 7) is 0. The van der Waals surface area contributed by atoms with Crippen LogP contribution < -0.4 is 0 Å². The molecule has 0 saturated heterocycles. The predicted molar refractivity (Wildman–Crippen MR) is 116 cm³/mol. The van der Waals surface area contributed by atoms with Gasteiger partial charge in [0, 0.05) is 36.0 Å². The third-order valence-electron chi connectivity index (χ3n) is 4.90. The number of rotatable bonds is 4. The molecule has 0 aliphatic rings. The van der Waals surface area contributed by atoms with Gasteiger partial charge in [0.2, 0.25) is 0 Å². The summed E-state index contributed by atoms with van der Waals surface area (Å²) in [5, 5.41) is 2.61. The molecule has 9 heteroatoms. The summed E-state index contributed by atoms with van der Waals surface area (Å²) in [6.07, 6.45) is -0.118. The molecule has 0 aliphatic heterocycles. The van der Waals surface area contributed by atoms with Crippen molar-refractivity contribution in [3.63, 3.8) is 0 Å². The monoisotopic (exact) mass is 451 g/mol. The molecule has 0 saturated carbocycles.